The molecule has 0 amide bonds. The van der Waals surface area contributed by atoms with Crippen LogP contribution < -0.4 is 0 Å². The summed E-state index contributed by atoms with van der Waals surface area (Å²) < 4.78 is 18.9. The summed E-state index contributed by atoms with van der Waals surface area (Å²) in [5.41, 5.74) is 0. The van der Waals surface area contributed by atoms with Crippen LogP contribution >= 0.6 is 0 Å². The lowest BCUT2D eigenvalue weighted by molar-refractivity contribution is 0.0362. The van der Waals surface area contributed by atoms with Crippen LogP contribution in [0.15, 0.2) is 0 Å². The van der Waals surface area contributed by atoms with Gasteiger partial charge in [-0.1, -0.05) is 80.6 Å². The molecule has 0 unspecified atom stereocenters. The highest BCUT2D eigenvalue weighted by Gasteiger charge is 2.41. The molecule has 0 fully saturated rings. The third-order valence-corrected chi connectivity index (χ3v) is 6.53. The van der Waals surface area contributed by atoms with Gasteiger partial charge in [-0.25, -0.2) is 0 Å². The van der Waals surface area contributed by atoms with Crippen molar-refractivity contribution in [3.8, 4) is 0 Å². The molecule has 0 atom stereocenters. The maximum absolute atomic E-state index is 6.31. The predicted molar refractivity (Wildman–Crippen MR) is 106 cm³/mol. The number of rotatable bonds is 16. The van der Waals surface area contributed by atoms with E-state index in [1.807, 2.05) is 0 Å². The highest BCUT2D eigenvalue weighted by molar-refractivity contribution is 6.60. The molecular weight excluding hydrogens is 316 g/mol. The van der Waals surface area contributed by atoms with Gasteiger partial charge in [-0.3, -0.25) is 0 Å². The van der Waals surface area contributed by atoms with Crippen molar-refractivity contribution in [2.75, 3.05) is 19.8 Å². The van der Waals surface area contributed by atoms with E-state index in [1.54, 1.807) is 0 Å². The fraction of sp³-hybridized carbons (Fsp3) is 1.00. The molecule has 4 heteroatoms. The molecule has 0 spiro atoms. The van der Waals surface area contributed by atoms with Gasteiger partial charge < -0.3 is 13.3 Å². The fourth-order valence-corrected chi connectivity index (χ4v) is 5.47. The highest BCUT2D eigenvalue weighted by atomic mass is 28.4. The van der Waals surface area contributed by atoms with Gasteiger partial charge in [0.25, 0.3) is 0 Å². The second-order valence-electron chi connectivity index (χ2n) is 8.32. The average Bonchev–Trinajstić information content (AvgIpc) is 2.51. The Hall–Kier alpha value is 0.0969. The first-order valence-electron chi connectivity index (χ1n) is 10.2. The zero-order valence-electron chi connectivity index (χ0n) is 17.5. The lowest BCUT2D eigenvalue weighted by Crippen LogP contribution is -2.48. The first-order valence-corrected chi connectivity index (χ1v) is 12.2. The molecule has 0 aromatic heterocycles. The van der Waals surface area contributed by atoms with Crippen molar-refractivity contribution in [2.45, 2.75) is 93.0 Å². The van der Waals surface area contributed by atoms with Gasteiger partial charge in [-0.2, -0.15) is 0 Å². The molecule has 0 rings (SSSR count). The SMILES string of the molecule is CCCCCCCC[Si](OCC(C)C)(OCC(C)C)OCC(C)C. The third kappa shape index (κ3) is 13.4. The lowest BCUT2D eigenvalue weighted by atomic mass is 10.1. The molecule has 0 bridgehead atoms. The van der Waals surface area contributed by atoms with Crippen LogP contribution in [0, 0.1) is 17.8 Å². The summed E-state index contributed by atoms with van der Waals surface area (Å²) in [4.78, 5) is 0. The summed E-state index contributed by atoms with van der Waals surface area (Å²) in [6, 6.07) is 0.964. The van der Waals surface area contributed by atoms with Crippen molar-refractivity contribution in [1.29, 1.82) is 0 Å². The van der Waals surface area contributed by atoms with Crippen molar-refractivity contribution in [3.05, 3.63) is 0 Å². The van der Waals surface area contributed by atoms with Gasteiger partial charge in [0.1, 0.15) is 0 Å². The van der Waals surface area contributed by atoms with E-state index in [2.05, 4.69) is 48.5 Å². The molecular formula is C20H44O3Si. The number of hydrogen-bond acceptors (Lipinski definition) is 3. The summed E-state index contributed by atoms with van der Waals surface area (Å²) in [6.07, 6.45) is 7.72. The summed E-state index contributed by atoms with van der Waals surface area (Å²) >= 11 is 0. The molecule has 24 heavy (non-hydrogen) atoms. The Labute approximate surface area is 153 Å². The van der Waals surface area contributed by atoms with E-state index in [0.717, 1.165) is 32.3 Å². The van der Waals surface area contributed by atoms with Crippen LogP contribution in [0.3, 0.4) is 0 Å². The van der Waals surface area contributed by atoms with E-state index in [9.17, 15) is 0 Å². The quantitative estimate of drug-likeness (QED) is 0.239. The van der Waals surface area contributed by atoms with Crippen LogP contribution in [0.2, 0.25) is 6.04 Å². The summed E-state index contributed by atoms with van der Waals surface area (Å²) in [5.74, 6) is 1.52. The largest absolute Gasteiger partial charge is 0.500 e. The maximum Gasteiger partial charge on any atom is 0.500 e. The lowest BCUT2D eigenvalue weighted by Gasteiger charge is -2.32. The normalized spacial score (nSPS) is 12.8. The van der Waals surface area contributed by atoms with Gasteiger partial charge in [0.05, 0.1) is 0 Å². The van der Waals surface area contributed by atoms with Crippen LogP contribution in [-0.4, -0.2) is 28.6 Å². The molecule has 0 N–H and O–H groups in total. The minimum atomic E-state index is -2.55. The molecule has 0 aliphatic rings. The molecule has 0 saturated heterocycles. The first kappa shape index (κ1) is 24.1. The zero-order chi connectivity index (χ0) is 18.4. The Bertz CT molecular complexity index is 249. The van der Waals surface area contributed by atoms with E-state index in [4.69, 9.17) is 13.3 Å². The van der Waals surface area contributed by atoms with E-state index < -0.39 is 8.80 Å². The second-order valence-corrected chi connectivity index (χ2v) is 11.0. The van der Waals surface area contributed by atoms with Gasteiger partial charge in [0.15, 0.2) is 0 Å². The number of hydrogen-bond donors (Lipinski definition) is 0. The average molecular weight is 361 g/mol. The van der Waals surface area contributed by atoms with Gasteiger partial charge in [0.2, 0.25) is 0 Å². The van der Waals surface area contributed by atoms with Crippen molar-refractivity contribution in [3.63, 3.8) is 0 Å². The Morgan fingerprint density at radius 2 is 0.958 bits per heavy atom. The van der Waals surface area contributed by atoms with Gasteiger partial charge in [-0.15, -0.1) is 0 Å². The monoisotopic (exact) mass is 360 g/mol. The standard InChI is InChI=1S/C20H44O3Si/c1-8-9-10-11-12-13-14-24(21-15-18(2)3,22-16-19(4)5)23-17-20(6)7/h18-20H,8-17H2,1-7H3. The number of unbranched alkanes of at least 4 members (excludes halogenated alkanes) is 5. The van der Waals surface area contributed by atoms with Crippen LogP contribution in [0.25, 0.3) is 0 Å². The predicted octanol–water partition coefficient (Wildman–Crippen LogP) is 6.30. The maximum atomic E-state index is 6.31. The van der Waals surface area contributed by atoms with E-state index >= 15 is 0 Å². The minimum Gasteiger partial charge on any atom is -0.373 e. The van der Waals surface area contributed by atoms with Gasteiger partial charge >= 0.3 is 8.80 Å². The first-order chi connectivity index (χ1) is 11.3. The summed E-state index contributed by atoms with van der Waals surface area (Å²) in [6.45, 7) is 17.6. The molecule has 0 aliphatic carbocycles. The van der Waals surface area contributed by atoms with E-state index in [-0.39, 0.29) is 0 Å². The van der Waals surface area contributed by atoms with Crippen molar-refractivity contribution in [2.24, 2.45) is 17.8 Å². The van der Waals surface area contributed by atoms with E-state index in [1.165, 1.54) is 32.1 Å². The zero-order valence-corrected chi connectivity index (χ0v) is 18.5. The minimum absolute atomic E-state index is 0.506. The molecule has 0 aromatic carbocycles. The summed E-state index contributed by atoms with van der Waals surface area (Å²) in [5, 5.41) is 0. The smallest absolute Gasteiger partial charge is 0.373 e. The molecule has 146 valence electrons. The van der Waals surface area contributed by atoms with Crippen LogP contribution in [0.4, 0.5) is 0 Å². The van der Waals surface area contributed by atoms with Crippen LogP contribution in [0.5, 0.6) is 0 Å². The van der Waals surface area contributed by atoms with Crippen molar-refractivity contribution >= 4 is 8.80 Å². The molecule has 0 aromatic rings. The summed E-state index contributed by atoms with van der Waals surface area (Å²) in [7, 11) is -2.55. The van der Waals surface area contributed by atoms with Crippen molar-refractivity contribution < 1.29 is 13.3 Å². The molecule has 0 aliphatic heterocycles. The topological polar surface area (TPSA) is 27.7 Å². The highest BCUT2D eigenvalue weighted by Crippen LogP contribution is 2.23. The molecule has 0 radical (unpaired) electrons. The van der Waals surface area contributed by atoms with E-state index in [0.29, 0.717) is 17.8 Å². The Morgan fingerprint density at radius 3 is 1.33 bits per heavy atom. The molecule has 0 saturated carbocycles. The molecule has 0 heterocycles. The third-order valence-electron chi connectivity index (χ3n) is 3.75. The molecule has 3 nitrogen and oxygen atoms in total. The van der Waals surface area contributed by atoms with Crippen molar-refractivity contribution in [1.82, 2.24) is 0 Å². The van der Waals surface area contributed by atoms with Gasteiger partial charge in [-0.05, 0) is 24.2 Å². The fourth-order valence-electron chi connectivity index (χ4n) is 2.34. The Kier molecular flexibility index (Phi) is 14.3. The van der Waals surface area contributed by atoms with Gasteiger partial charge in [0, 0.05) is 25.9 Å². The second kappa shape index (κ2) is 14.3. The van der Waals surface area contributed by atoms with Crippen LogP contribution in [0.1, 0.15) is 87.0 Å². The Balaban J connectivity index is 4.67. The van der Waals surface area contributed by atoms with Crippen LogP contribution in [-0.2, 0) is 13.3 Å². The Morgan fingerprint density at radius 1 is 0.583 bits per heavy atom.